The number of anilines is 1. The fourth-order valence-corrected chi connectivity index (χ4v) is 2.94. The van der Waals surface area contributed by atoms with Crippen molar-refractivity contribution in [2.45, 2.75) is 46.3 Å². The minimum atomic E-state index is -0.0856. The van der Waals surface area contributed by atoms with E-state index in [0.29, 0.717) is 0 Å². The van der Waals surface area contributed by atoms with Crippen molar-refractivity contribution in [1.82, 2.24) is 0 Å². The molecule has 1 heterocycles. The third kappa shape index (κ3) is 2.90. The highest BCUT2D eigenvalue weighted by molar-refractivity contribution is 5.54. The van der Waals surface area contributed by atoms with Gasteiger partial charge in [0.25, 0.3) is 0 Å². The van der Waals surface area contributed by atoms with E-state index in [2.05, 4.69) is 69.4 Å². The van der Waals surface area contributed by atoms with Crippen LogP contribution in [0.4, 0.5) is 5.69 Å². The Kier molecular flexibility index (Phi) is 3.40. The molecule has 3 rings (SSSR count). The van der Waals surface area contributed by atoms with E-state index in [-0.39, 0.29) is 5.60 Å². The molecule has 0 amide bonds. The lowest BCUT2D eigenvalue weighted by molar-refractivity contribution is 0.137. The maximum Gasteiger partial charge on any atom is 0.128 e. The number of benzene rings is 2. The molecule has 0 spiro atoms. The van der Waals surface area contributed by atoms with Gasteiger partial charge in [-0.1, -0.05) is 30.3 Å². The van der Waals surface area contributed by atoms with Gasteiger partial charge in [0.1, 0.15) is 11.4 Å². The van der Waals surface area contributed by atoms with Crippen LogP contribution in [0.2, 0.25) is 0 Å². The fraction of sp³-hybridized carbons (Fsp3) is 0.368. The summed E-state index contributed by atoms with van der Waals surface area (Å²) in [5.74, 6) is 1.07. The van der Waals surface area contributed by atoms with Crippen LogP contribution < -0.4 is 10.1 Å². The molecular weight excluding hydrogens is 258 g/mol. The van der Waals surface area contributed by atoms with Gasteiger partial charge in [0, 0.05) is 24.2 Å². The van der Waals surface area contributed by atoms with Crippen molar-refractivity contribution in [3.05, 3.63) is 58.7 Å². The molecule has 1 aliphatic rings. The van der Waals surface area contributed by atoms with E-state index in [1.807, 2.05) is 0 Å². The van der Waals surface area contributed by atoms with E-state index in [0.717, 1.165) is 18.7 Å². The lowest BCUT2D eigenvalue weighted by Gasteiger charge is -2.18. The zero-order chi connectivity index (χ0) is 15.0. The number of para-hydroxylation sites is 1. The van der Waals surface area contributed by atoms with Gasteiger partial charge in [-0.15, -0.1) is 0 Å². The van der Waals surface area contributed by atoms with Crippen molar-refractivity contribution >= 4 is 5.69 Å². The highest BCUT2D eigenvalue weighted by Gasteiger charge is 2.31. The first-order chi connectivity index (χ1) is 9.94. The first-order valence-corrected chi connectivity index (χ1v) is 7.55. The monoisotopic (exact) mass is 281 g/mol. The molecule has 21 heavy (non-hydrogen) atoms. The van der Waals surface area contributed by atoms with Crippen LogP contribution in [-0.2, 0) is 13.0 Å². The Hall–Kier alpha value is -1.96. The number of aryl methyl sites for hydroxylation is 2. The third-order valence-corrected chi connectivity index (χ3v) is 4.04. The van der Waals surface area contributed by atoms with Crippen molar-refractivity contribution in [2.24, 2.45) is 0 Å². The highest BCUT2D eigenvalue weighted by Crippen LogP contribution is 2.37. The molecule has 110 valence electrons. The van der Waals surface area contributed by atoms with Crippen molar-refractivity contribution in [3.63, 3.8) is 0 Å². The molecule has 2 nitrogen and oxygen atoms in total. The van der Waals surface area contributed by atoms with Gasteiger partial charge in [-0.25, -0.2) is 0 Å². The van der Waals surface area contributed by atoms with Crippen LogP contribution in [0.25, 0.3) is 0 Å². The Balaban J connectivity index is 1.81. The molecule has 0 saturated carbocycles. The lowest BCUT2D eigenvalue weighted by Crippen LogP contribution is -2.25. The number of hydrogen-bond donors (Lipinski definition) is 1. The predicted molar refractivity (Wildman–Crippen MR) is 88.1 cm³/mol. The predicted octanol–water partition coefficient (Wildman–Crippen LogP) is 4.63. The summed E-state index contributed by atoms with van der Waals surface area (Å²) >= 11 is 0. The van der Waals surface area contributed by atoms with Crippen LogP contribution in [0.3, 0.4) is 0 Å². The van der Waals surface area contributed by atoms with E-state index in [1.165, 1.54) is 27.9 Å². The standard InChI is InChI=1S/C19H23NO/c1-13-8-9-14(2)17(10-13)20-12-16-7-5-6-15-11-19(3,4)21-18(15)16/h5-10,20H,11-12H2,1-4H3. The van der Waals surface area contributed by atoms with E-state index in [9.17, 15) is 0 Å². The Bertz CT molecular complexity index is 673. The Morgan fingerprint density at radius 1 is 1.14 bits per heavy atom. The van der Waals surface area contributed by atoms with Crippen LogP contribution >= 0.6 is 0 Å². The van der Waals surface area contributed by atoms with Gasteiger partial charge in [-0.3, -0.25) is 0 Å². The van der Waals surface area contributed by atoms with Crippen molar-refractivity contribution in [3.8, 4) is 5.75 Å². The van der Waals surface area contributed by atoms with Gasteiger partial charge < -0.3 is 10.1 Å². The average Bonchev–Trinajstić information content (AvgIpc) is 2.74. The quantitative estimate of drug-likeness (QED) is 0.885. The molecule has 0 radical (unpaired) electrons. The second-order valence-electron chi connectivity index (χ2n) is 6.62. The normalized spacial score (nSPS) is 15.4. The van der Waals surface area contributed by atoms with E-state index in [4.69, 9.17) is 4.74 Å². The smallest absolute Gasteiger partial charge is 0.128 e. The van der Waals surface area contributed by atoms with Gasteiger partial charge in [-0.2, -0.15) is 0 Å². The summed E-state index contributed by atoms with van der Waals surface area (Å²) in [6.45, 7) is 9.35. The Labute approximate surface area is 127 Å². The first-order valence-electron chi connectivity index (χ1n) is 7.55. The van der Waals surface area contributed by atoms with Gasteiger partial charge in [-0.05, 0) is 50.5 Å². The second-order valence-corrected chi connectivity index (χ2v) is 6.62. The zero-order valence-electron chi connectivity index (χ0n) is 13.3. The number of fused-ring (bicyclic) bond motifs is 1. The molecule has 2 aromatic carbocycles. The van der Waals surface area contributed by atoms with Crippen LogP contribution in [0.5, 0.6) is 5.75 Å². The summed E-state index contributed by atoms with van der Waals surface area (Å²) in [4.78, 5) is 0. The second kappa shape index (κ2) is 5.10. The summed E-state index contributed by atoms with van der Waals surface area (Å²) in [5, 5.41) is 3.55. The Morgan fingerprint density at radius 3 is 2.76 bits per heavy atom. The van der Waals surface area contributed by atoms with Gasteiger partial charge in [0.05, 0.1) is 0 Å². The van der Waals surface area contributed by atoms with Crippen LogP contribution in [0, 0.1) is 13.8 Å². The zero-order valence-corrected chi connectivity index (χ0v) is 13.3. The molecule has 2 heteroatoms. The van der Waals surface area contributed by atoms with Crippen molar-refractivity contribution in [1.29, 1.82) is 0 Å². The first kappa shape index (κ1) is 14.0. The van der Waals surface area contributed by atoms with Crippen molar-refractivity contribution in [2.75, 3.05) is 5.32 Å². The molecule has 2 aromatic rings. The van der Waals surface area contributed by atoms with E-state index < -0.39 is 0 Å². The molecule has 0 aromatic heterocycles. The van der Waals surface area contributed by atoms with Gasteiger partial charge in [0.2, 0.25) is 0 Å². The van der Waals surface area contributed by atoms with Crippen LogP contribution in [0.15, 0.2) is 36.4 Å². The molecule has 0 saturated heterocycles. The fourth-order valence-electron chi connectivity index (χ4n) is 2.94. The molecule has 1 N–H and O–H groups in total. The van der Waals surface area contributed by atoms with E-state index in [1.54, 1.807) is 0 Å². The molecule has 1 aliphatic heterocycles. The SMILES string of the molecule is Cc1ccc(C)c(NCc2cccc3c2OC(C)(C)C3)c1. The number of ether oxygens (including phenoxy) is 1. The molecule has 0 bridgehead atoms. The summed E-state index contributed by atoms with van der Waals surface area (Å²) in [5.41, 5.74) is 6.22. The van der Waals surface area contributed by atoms with Crippen LogP contribution in [-0.4, -0.2) is 5.60 Å². The summed E-state index contributed by atoms with van der Waals surface area (Å²) in [6, 6.07) is 13.0. The molecule has 0 aliphatic carbocycles. The third-order valence-electron chi connectivity index (χ3n) is 4.04. The van der Waals surface area contributed by atoms with Crippen molar-refractivity contribution < 1.29 is 4.74 Å². The minimum Gasteiger partial charge on any atom is -0.487 e. The maximum absolute atomic E-state index is 6.13. The summed E-state index contributed by atoms with van der Waals surface area (Å²) < 4.78 is 6.13. The largest absolute Gasteiger partial charge is 0.487 e. The maximum atomic E-state index is 6.13. The van der Waals surface area contributed by atoms with Crippen LogP contribution in [0.1, 0.15) is 36.1 Å². The molecular formula is C19H23NO. The highest BCUT2D eigenvalue weighted by atomic mass is 16.5. The molecule has 0 fully saturated rings. The number of rotatable bonds is 3. The summed E-state index contributed by atoms with van der Waals surface area (Å²) in [6.07, 6.45) is 0.986. The molecule has 0 unspecified atom stereocenters. The lowest BCUT2D eigenvalue weighted by atomic mass is 10.0. The summed E-state index contributed by atoms with van der Waals surface area (Å²) in [7, 11) is 0. The number of nitrogens with one attached hydrogen (secondary N) is 1. The van der Waals surface area contributed by atoms with Gasteiger partial charge >= 0.3 is 0 Å². The molecule has 0 atom stereocenters. The Morgan fingerprint density at radius 2 is 1.95 bits per heavy atom. The van der Waals surface area contributed by atoms with Gasteiger partial charge in [0.15, 0.2) is 0 Å². The topological polar surface area (TPSA) is 21.3 Å². The minimum absolute atomic E-state index is 0.0856. The number of hydrogen-bond acceptors (Lipinski definition) is 2. The van der Waals surface area contributed by atoms with E-state index >= 15 is 0 Å². The average molecular weight is 281 g/mol.